The van der Waals surface area contributed by atoms with Gasteiger partial charge < -0.3 is 10.6 Å². The summed E-state index contributed by atoms with van der Waals surface area (Å²) in [7, 11) is 0. The number of nitro groups is 1. The highest BCUT2D eigenvalue weighted by atomic mass is 16.6. The molecule has 2 N–H and O–H groups in total. The summed E-state index contributed by atoms with van der Waals surface area (Å²) in [5.41, 5.74) is 3.30. The number of benzene rings is 2. The molecule has 4 aromatic rings. The lowest BCUT2D eigenvalue weighted by atomic mass is 9.94. The van der Waals surface area contributed by atoms with Gasteiger partial charge in [-0.3, -0.25) is 19.9 Å². The summed E-state index contributed by atoms with van der Waals surface area (Å²) < 4.78 is 1.60. The first-order valence-corrected chi connectivity index (χ1v) is 10.8. The van der Waals surface area contributed by atoms with E-state index in [1.54, 1.807) is 72.5 Å². The summed E-state index contributed by atoms with van der Waals surface area (Å²) in [6.45, 7) is 1.78. The SMILES string of the molecule is CC1=C(C(=O)Nc2cccnc2)C(c2ccc(C#N)cc2)n2nc(-c3ccc([N+](=O)[O-])cc3)nc2N1. The number of rotatable bonds is 5. The number of hydrogen-bond donors (Lipinski definition) is 2. The molecule has 2 aromatic carbocycles. The number of anilines is 2. The van der Waals surface area contributed by atoms with Crippen LogP contribution in [0.1, 0.15) is 24.1 Å². The minimum atomic E-state index is -0.648. The van der Waals surface area contributed by atoms with Gasteiger partial charge in [0.1, 0.15) is 6.04 Å². The summed E-state index contributed by atoms with van der Waals surface area (Å²) in [6, 6.07) is 17.7. The largest absolute Gasteiger partial charge is 0.328 e. The fraction of sp³-hybridized carbons (Fsp3) is 0.0800. The van der Waals surface area contributed by atoms with Crippen LogP contribution < -0.4 is 10.6 Å². The van der Waals surface area contributed by atoms with Crippen LogP contribution in [0.3, 0.4) is 0 Å². The topological polar surface area (TPSA) is 152 Å². The molecule has 0 fully saturated rings. The van der Waals surface area contributed by atoms with E-state index in [1.807, 2.05) is 0 Å². The van der Waals surface area contributed by atoms with E-state index in [0.717, 1.165) is 5.56 Å². The molecule has 176 valence electrons. The Labute approximate surface area is 204 Å². The Hall–Kier alpha value is -5.37. The molecule has 0 radical (unpaired) electrons. The summed E-state index contributed by atoms with van der Waals surface area (Å²) in [6.07, 6.45) is 3.16. The van der Waals surface area contributed by atoms with Crippen LogP contribution in [-0.4, -0.2) is 30.6 Å². The predicted molar refractivity (Wildman–Crippen MR) is 131 cm³/mol. The number of carbonyl (C=O) groups is 1. The van der Waals surface area contributed by atoms with Crippen molar-refractivity contribution in [2.75, 3.05) is 10.6 Å². The number of aromatic nitrogens is 4. The maximum atomic E-state index is 13.5. The Morgan fingerprint density at radius 2 is 1.92 bits per heavy atom. The van der Waals surface area contributed by atoms with Crippen molar-refractivity contribution in [3.63, 3.8) is 0 Å². The highest BCUT2D eigenvalue weighted by Crippen LogP contribution is 2.37. The van der Waals surface area contributed by atoms with Crippen LogP contribution in [-0.2, 0) is 4.79 Å². The Morgan fingerprint density at radius 3 is 2.56 bits per heavy atom. The van der Waals surface area contributed by atoms with Crippen molar-refractivity contribution in [1.29, 1.82) is 5.26 Å². The normalized spacial score (nSPS) is 14.4. The van der Waals surface area contributed by atoms with Gasteiger partial charge in [-0.05, 0) is 48.9 Å². The molecule has 0 saturated carbocycles. The second-order valence-corrected chi connectivity index (χ2v) is 8.00. The van der Waals surface area contributed by atoms with Crippen molar-refractivity contribution >= 4 is 23.2 Å². The Kier molecular flexibility index (Phi) is 5.68. The number of nitro benzene ring substituents is 1. The fourth-order valence-electron chi connectivity index (χ4n) is 3.98. The maximum absolute atomic E-state index is 13.5. The lowest BCUT2D eigenvalue weighted by Crippen LogP contribution is -2.31. The molecule has 11 nitrogen and oxygen atoms in total. The van der Waals surface area contributed by atoms with Crippen LogP contribution in [0.5, 0.6) is 0 Å². The minimum absolute atomic E-state index is 0.0387. The maximum Gasteiger partial charge on any atom is 0.269 e. The minimum Gasteiger partial charge on any atom is -0.328 e. The average Bonchev–Trinajstić information content (AvgIpc) is 3.32. The quantitative estimate of drug-likeness (QED) is 0.322. The third kappa shape index (κ3) is 4.14. The number of nitriles is 1. The second kappa shape index (κ2) is 9.11. The number of carbonyl (C=O) groups excluding carboxylic acids is 1. The molecule has 11 heteroatoms. The molecule has 0 spiro atoms. The average molecular weight is 478 g/mol. The van der Waals surface area contributed by atoms with Gasteiger partial charge in [0.05, 0.1) is 34.0 Å². The van der Waals surface area contributed by atoms with E-state index in [9.17, 15) is 20.2 Å². The Balaban J connectivity index is 1.58. The Bertz CT molecular complexity index is 1540. The number of non-ortho nitro benzene ring substituents is 1. The number of nitrogens with zero attached hydrogens (tertiary/aromatic N) is 6. The number of amides is 1. The van der Waals surface area contributed by atoms with E-state index in [-0.39, 0.29) is 11.6 Å². The van der Waals surface area contributed by atoms with Gasteiger partial charge in [0.25, 0.3) is 11.6 Å². The zero-order chi connectivity index (χ0) is 25.2. The smallest absolute Gasteiger partial charge is 0.269 e. The standard InChI is InChI=1S/C25H18N8O3/c1-15-21(24(34)29-19-3-2-12-27-14-19)22(17-6-4-16(13-26)5-7-17)32-25(28-15)30-23(31-32)18-8-10-20(11-9-18)33(35)36/h2-12,14,22H,1H3,(H,29,34)(H,28,30,31). The third-order valence-electron chi connectivity index (χ3n) is 5.71. The molecular formula is C25H18N8O3. The zero-order valence-electron chi connectivity index (χ0n) is 18.9. The summed E-state index contributed by atoms with van der Waals surface area (Å²) in [5.74, 6) is 0.404. The second-order valence-electron chi connectivity index (χ2n) is 8.00. The molecular weight excluding hydrogens is 460 g/mol. The number of pyridine rings is 1. The van der Waals surface area contributed by atoms with Gasteiger partial charge in [-0.2, -0.15) is 10.2 Å². The van der Waals surface area contributed by atoms with Crippen LogP contribution in [0.2, 0.25) is 0 Å². The molecule has 0 saturated heterocycles. The lowest BCUT2D eigenvalue weighted by Gasteiger charge is -2.28. The van der Waals surface area contributed by atoms with Crippen LogP contribution in [0.25, 0.3) is 11.4 Å². The third-order valence-corrected chi connectivity index (χ3v) is 5.71. The van der Waals surface area contributed by atoms with Crippen molar-refractivity contribution < 1.29 is 9.72 Å². The first kappa shape index (κ1) is 22.4. The molecule has 5 rings (SSSR count). The number of hydrogen-bond acceptors (Lipinski definition) is 8. The van der Waals surface area contributed by atoms with E-state index < -0.39 is 11.0 Å². The van der Waals surface area contributed by atoms with Crippen molar-refractivity contribution in [2.24, 2.45) is 0 Å². The van der Waals surface area contributed by atoms with Crippen LogP contribution in [0.15, 0.2) is 84.3 Å². The molecule has 1 atom stereocenters. The molecule has 36 heavy (non-hydrogen) atoms. The van der Waals surface area contributed by atoms with Gasteiger partial charge in [0.15, 0.2) is 5.82 Å². The first-order valence-electron chi connectivity index (χ1n) is 10.8. The molecule has 1 unspecified atom stereocenters. The summed E-state index contributed by atoms with van der Waals surface area (Å²) in [5, 5.41) is 30.9. The van der Waals surface area contributed by atoms with Gasteiger partial charge in [-0.15, -0.1) is 5.10 Å². The molecule has 0 bridgehead atoms. The van der Waals surface area contributed by atoms with E-state index in [4.69, 9.17) is 0 Å². The highest BCUT2D eigenvalue weighted by Gasteiger charge is 2.34. The van der Waals surface area contributed by atoms with E-state index in [1.165, 1.54) is 12.1 Å². The van der Waals surface area contributed by atoms with Gasteiger partial charge in [-0.1, -0.05) is 12.1 Å². The number of fused-ring (bicyclic) bond motifs is 1. The van der Waals surface area contributed by atoms with Crippen molar-refractivity contribution in [2.45, 2.75) is 13.0 Å². The fourth-order valence-corrected chi connectivity index (χ4v) is 3.98. The van der Waals surface area contributed by atoms with Gasteiger partial charge in [-0.25, -0.2) is 4.68 Å². The molecule has 2 aromatic heterocycles. The van der Waals surface area contributed by atoms with E-state index in [2.05, 4.69) is 31.8 Å². The van der Waals surface area contributed by atoms with Crippen molar-refractivity contribution in [1.82, 2.24) is 19.7 Å². The molecule has 1 aliphatic rings. The molecule has 3 heterocycles. The predicted octanol–water partition coefficient (Wildman–Crippen LogP) is 4.05. The van der Waals surface area contributed by atoms with Gasteiger partial charge in [0.2, 0.25) is 5.95 Å². The van der Waals surface area contributed by atoms with Crippen LogP contribution in [0, 0.1) is 21.4 Å². The molecule has 1 aliphatic heterocycles. The van der Waals surface area contributed by atoms with Gasteiger partial charge >= 0.3 is 0 Å². The number of nitrogens with one attached hydrogen (secondary N) is 2. The van der Waals surface area contributed by atoms with E-state index in [0.29, 0.717) is 39.9 Å². The van der Waals surface area contributed by atoms with Crippen LogP contribution in [0.4, 0.5) is 17.3 Å². The first-order chi connectivity index (χ1) is 17.4. The van der Waals surface area contributed by atoms with Gasteiger partial charge in [0, 0.05) is 29.6 Å². The zero-order valence-corrected chi connectivity index (χ0v) is 18.9. The van der Waals surface area contributed by atoms with Crippen LogP contribution >= 0.6 is 0 Å². The summed E-state index contributed by atoms with van der Waals surface area (Å²) >= 11 is 0. The molecule has 0 aliphatic carbocycles. The lowest BCUT2D eigenvalue weighted by molar-refractivity contribution is -0.384. The monoisotopic (exact) mass is 478 g/mol. The Morgan fingerprint density at radius 1 is 1.17 bits per heavy atom. The van der Waals surface area contributed by atoms with Crippen molar-refractivity contribution in [3.05, 3.63) is 106 Å². The highest BCUT2D eigenvalue weighted by molar-refractivity contribution is 6.05. The van der Waals surface area contributed by atoms with E-state index >= 15 is 0 Å². The number of allylic oxidation sites excluding steroid dienone is 1. The van der Waals surface area contributed by atoms with Crippen molar-refractivity contribution in [3.8, 4) is 17.5 Å². The molecule has 1 amide bonds. The summed E-state index contributed by atoms with van der Waals surface area (Å²) in [4.78, 5) is 32.6.